The molecule has 0 unspecified atom stereocenters. The van der Waals surface area contributed by atoms with Gasteiger partial charge in [0.05, 0.1) is 13.7 Å². The van der Waals surface area contributed by atoms with Crippen molar-refractivity contribution in [3.8, 4) is 67.5 Å². The van der Waals surface area contributed by atoms with Gasteiger partial charge in [-0.2, -0.15) is 0 Å². The number of aromatic nitrogens is 3. The number of hydrogen-bond acceptors (Lipinski definition) is 4. The second-order valence-corrected chi connectivity index (χ2v) is 12.5. The Bertz CT molecular complexity index is 3460. The maximum atomic E-state index is 8.86. The smallest absolute Gasteiger partial charge is 0.164 e. The van der Waals surface area contributed by atoms with Crippen molar-refractivity contribution in [3.05, 3.63) is 188 Å². The van der Waals surface area contributed by atoms with Crippen LogP contribution in [0.5, 0.6) is 0 Å². The molecular formula is C49H31N3O. The third-order valence-corrected chi connectivity index (χ3v) is 9.30. The first-order chi connectivity index (χ1) is 30.4. The average molecular weight is 688 g/mol. The lowest BCUT2D eigenvalue weighted by atomic mass is 9.95. The van der Waals surface area contributed by atoms with E-state index in [4.69, 9.17) is 33.1 Å². The molecule has 248 valence electrons. The fraction of sp³-hybridized carbons (Fsp3) is 0. The van der Waals surface area contributed by atoms with Gasteiger partial charge in [-0.25, -0.2) is 15.0 Å². The zero-order valence-corrected chi connectivity index (χ0v) is 27.9. The van der Waals surface area contributed by atoms with Crippen LogP contribution in [0, 0.1) is 0 Å². The van der Waals surface area contributed by atoms with Crippen LogP contribution in [0.2, 0.25) is 0 Å². The van der Waals surface area contributed by atoms with Crippen LogP contribution in [-0.4, -0.2) is 15.0 Å². The van der Waals surface area contributed by atoms with Crippen LogP contribution in [0.15, 0.2) is 192 Å². The molecule has 0 bridgehead atoms. The Morgan fingerprint density at radius 3 is 1.74 bits per heavy atom. The molecule has 0 saturated carbocycles. The summed E-state index contributed by atoms with van der Waals surface area (Å²) in [6.45, 7) is 0. The summed E-state index contributed by atoms with van der Waals surface area (Å²) < 4.78 is 91.7. The number of rotatable bonds is 6. The van der Waals surface area contributed by atoms with E-state index in [2.05, 4.69) is 36.4 Å². The van der Waals surface area contributed by atoms with Gasteiger partial charge in [-0.05, 0) is 62.9 Å². The molecule has 4 heteroatoms. The van der Waals surface area contributed by atoms with Gasteiger partial charge in [-0.3, -0.25) is 0 Å². The van der Waals surface area contributed by atoms with Crippen molar-refractivity contribution >= 4 is 32.7 Å². The molecule has 0 radical (unpaired) electrons. The molecule has 8 aromatic carbocycles. The molecule has 53 heavy (non-hydrogen) atoms. The zero-order chi connectivity index (χ0) is 43.8. The Morgan fingerprint density at radius 1 is 0.377 bits per heavy atom. The van der Waals surface area contributed by atoms with Crippen LogP contribution in [0.1, 0.15) is 13.7 Å². The topological polar surface area (TPSA) is 51.8 Å². The largest absolute Gasteiger partial charge is 0.455 e. The normalized spacial score (nSPS) is 14.0. The molecule has 0 aliphatic heterocycles. The Balaban J connectivity index is 1.16. The number of hydrogen-bond donors (Lipinski definition) is 0. The molecule has 0 fully saturated rings. The van der Waals surface area contributed by atoms with Gasteiger partial charge >= 0.3 is 0 Å². The minimum atomic E-state index is -0.576. The van der Waals surface area contributed by atoms with Crippen LogP contribution < -0.4 is 0 Å². The molecule has 0 atom stereocenters. The summed E-state index contributed by atoms with van der Waals surface area (Å²) >= 11 is 0. The second kappa shape index (κ2) is 12.9. The van der Waals surface area contributed by atoms with Crippen molar-refractivity contribution in [2.24, 2.45) is 0 Å². The molecule has 0 aliphatic rings. The predicted molar refractivity (Wildman–Crippen MR) is 217 cm³/mol. The first kappa shape index (κ1) is 21.9. The summed E-state index contributed by atoms with van der Waals surface area (Å²) in [5.41, 5.74) is 4.78. The molecule has 0 aliphatic carbocycles. The van der Waals surface area contributed by atoms with Crippen molar-refractivity contribution in [2.45, 2.75) is 0 Å². The van der Waals surface area contributed by atoms with Gasteiger partial charge < -0.3 is 4.42 Å². The van der Waals surface area contributed by atoms with Gasteiger partial charge in [0.2, 0.25) is 0 Å². The van der Waals surface area contributed by atoms with Gasteiger partial charge in [-0.15, -0.1) is 0 Å². The maximum absolute atomic E-state index is 8.86. The monoisotopic (exact) mass is 687 g/mol. The van der Waals surface area contributed by atoms with E-state index < -0.39 is 60.4 Å². The molecular weight excluding hydrogens is 647 g/mol. The van der Waals surface area contributed by atoms with E-state index >= 15 is 0 Å². The van der Waals surface area contributed by atoms with Crippen LogP contribution in [0.4, 0.5) is 0 Å². The molecule has 0 amide bonds. The summed E-state index contributed by atoms with van der Waals surface area (Å²) in [4.78, 5) is 14.8. The summed E-state index contributed by atoms with van der Waals surface area (Å²) in [6.07, 6.45) is 0. The van der Waals surface area contributed by atoms with E-state index in [9.17, 15) is 0 Å². The number of furan rings is 1. The fourth-order valence-electron chi connectivity index (χ4n) is 6.75. The minimum Gasteiger partial charge on any atom is -0.455 e. The standard InChI is InChI=1S/C49H31N3O/c1-4-13-32(14-5-1)39-29-43(34-15-6-2-7-16-34)46-44(30-39)42-28-27-38(31-45(42)53-46)49-51-47(36-18-8-3-9-19-36)50-48(52-49)37-25-23-35(24-26-37)41-22-12-20-33-17-10-11-21-40(33)41/h1-31H/i1D,2D,4D,5D,6D,7D,13D,14D,15D,16D. The summed E-state index contributed by atoms with van der Waals surface area (Å²) in [7, 11) is 0. The van der Waals surface area contributed by atoms with E-state index in [1.165, 1.54) is 6.07 Å². The van der Waals surface area contributed by atoms with E-state index in [1.807, 2.05) is 66.7 Å². The molecule has 0 spiro atoms. The van der Waals surface area contributed by atoms with Crippen LogP contribution in [-0.2, 0) is 0 Å². The SMILES string of the molecule is [2H]c1c([2H])c([2H])c(-c2cc(-c3c([2H])c([2H])c([2H])c([2H])c3[2H])c3oc4cc(-c5nc(-c6ccccc6)nc(-c6ccc(-c7cccc8ccccc78)cc6)n5)ccc4c3c2)c([2H])c1[2H]. The Morgan fingerprint density at radius 2 is 0.981 bits per heavy atom. The third-order valence-electron chi connectivity index (χ3n) is 9.30. The number of nitrogens with zero attached hydrogens (tertiary/aromatic N) is 3. The van der Waals surface area contributed by atoms with Crippen LogP contribution in [0.3, 0.4) is 0 Å². The van der Waals surface area contributed by atoms with Crippen molar-refractivity contribution in [1.29, 1.82) is 0 Å². The highest BCUT2D eigenvalue weighted by Gasteiger charge is 2.18. The van der Waals surface area contributed by atoms with Crippen molar-refractivity contribution in [3.63, 3.8) is 0 Å². The zero-order valence-electron chi connectivity index (χ0n) is 37.9. The Hall–Kier alpha value is -7.17. The summed E-state index contributed by atoms with van der Waals surface area (Å²) in [6, 6.07) is 35.4. The summed E-state index contributed by atoms with van der Waals surface area (Å²) in [5.74, 6) is 1.25. The maximum Gasteiger partial charge on any atom is 0.164 e. The predicted octanol–water partition coefficient (Wildman–Crippen LogP) is 12.9. The highest BCUT2D eigenvalue weighted by molar-refractivity contribution is 6.12. The Kier molecular flexibility index (Phi) is 5.32. The lowest BCUT2D eigenvalue weighted by Gasteiger charge is -2.10. The molecule has 0 saturated heterocycles. The highest BCUT2D eigenvalue weighted by atomic mass is 16.3. The number of benzene rings is 8. The fourth-order valence-corrected chi connectivity index (χ4v) is 6.75. The molecule has 2 heterocycles. The average Bonchev–Trinajstić information content (AvgIpc) is 3.69. The Labute approximate surface area is 320 Å². The first-order valence-corrected chi connectivity index (χ1v) is 16.9. The number of fused-ring (bicyclic) bond motifs is 4. The van der Waals surface area contributed by atoms with Gasteiger partial charge in [0.15, 0.2) is 17.5 Å². The quantitative estimate of drug-likeness (QED) is 0.175. The summed E-state index contributed by atoms with van der Waals surface area (Å²) in [5, 5.41) is 3.27. The first-order valence-electron chi connectivity index (χ1n) is 21.9. The lowest BCUT2D eigenvalue weighted by molar-refractivity contribution is 0.670. The van der Waals surface area contributed by atoms with Crippen LogP contribution >= 0.6 is 0 Å². The van der Waals surface area contributed by atoms with Crippen molar-refractivity contribution in [2.75, 3.05) is 0 Å². The molecule has 2 aromatic heterocycles. The van der Waals surface area contributed by atoms with E-state index in [1.54, 1.807) is 18.2 Å². The van der Waals surface area contributed by atoms with Gasteiger partial charge in [0, 0.05) is 33.0 Å². The molecule has 10 rings (SSSR count). The van der Waals surface area contributed by atoms with Crippen molar-refractivity contribution < 1.29 is 18.1 Å². The molecule has 10 aromatic rings. The molecule has 0 N–H and O–H groups in total. The minimum absolute atomic E-state index is 0.0878. The van der Waals surface area contributed by atoms with Gasteiger partial charge in [0.1, 0.15) is 11.2 Å². The highest BCUT2D eigenvalue weighted by Crippen LogP contribution is 2.41. The van der Waals surface area contributed by atoms with Crippen molar-refractivity contribution in [1.82, 2.24) is 15.0 Å². The second-order valence-electron chi connectivity index (χ2n) is 12.5. The lowest BCUT2D eigenvalue weighted by Crippen LogP contribution is -2.00. The van der Waals surface area contributed by atoms with Crippen LogP contribution in [0.25, 0.3) is 100 Å². The molecule has 4 nitrogen and oxygen atoms in total. The van der Waals surface area contributed by atoms with Gasteiger partial charge in [-0.1, -0.05) is 164 Å². The van der Waals surface area contributed by atoms with E-state index in [0.717, 1.165) is 33.0 Å². The third kappa shape index (κ3) is 5.63. The van der Waals surface area contributed by atoms with E-state index in [-0.39, 0.29) is 27.8 Å². The van der Waals surface area contributed by atoms with E-state index in [0.29, 0.717) is 39.4 Å². The van der Waals surface area contributed by atoms with Gasteiger partial charge in [0.25, 0.3) is 0 Å².